The van der Waals surface area contributed by atoms with Gasteiger partial charge in [0.1, 0.15) is 0 Å². The van der Waals surface area contributed by atoms with Crippen molar-refractivity contribution in [2.24, 2.45) is 0 Å². The molecule has 0 radical (unpaired) electrons. The Morgan fingerprint density at radius 2 is 1.32 bits per heavy atom. The number of anilines is 2. The highest BCUT2D eigenvalue weighted by Gasteiger charge is 2.04. The van der Waals surface area contributed by atoms with Crippen LogP contribution in [0.1, 0.15) is 25.0 Å². The molecule has 0 aromatic heterocycles. The van der Waals surface area contributed by atoms with Crippen LogP contribution in [0, 0.1) is 0 Å². The first kappa shape index (κ1) is 17.3. The molecule has 22 heavy (non-hydrogen) atoms. The molecule has 0 fully saturated rings. The van der Waals surface area contributed by atoms with Crippen molar-refractivity contribution in [2.75, 3.05) is 24.7 Å². The maximum absolute atomic E-state index is 11.3. The monoisotopic (exact) mass is 304 g/mol. The lowest BCUT2D eigenvalue weighted by Gasteiger charge is -2.06. The Labute approximate surface area is 129 Å². The minimum Gasteiger partial charge on any atom is -0.463 e. The zero-order valence-electron chi connectivity index (χ0n) is 12.7. The fourth-order valence-corrected chi connectivity index (χ4v) is 1.65. The highest BCUT2D eigenvalue weighted by Crippen LogP contribution is 2.23. The second kappa shape index (κ2) is 8.51. The highest BCUT2D eigenvalue weighted by atomic mass is 16.5. The zero-order chi connectivity index (χ0) is 16.5. The molecular formula is C16H20N2O4. The molecule has 4 N–H and O–H groups in total. The van der Waals surface area contributed by atoms with Gasteiger partial charge >= 0.3 is 11.9 Å². The summed E-state index contributed by atoms with van der Waals surface area (Å²) in [6.45, 7) is 4.05. The molecular weight excluding hydrogens is 284 g/mol. The number of ether oxygens (including phenoxy) is 2. The van der Waals surface area contributed by atoms with E-state index in [1.807, 2.05) is 0 Å². The number of nitrogen functional groups attached to an aromatic ring is 2. The minimum absolute atomic E-state index is 0.300. The maximum Gasteiger partial charge on any atom is 0.330 e. The first-order valence-electron chi connectivity index (χ1n) is 6.86. The predicted molar refractivity (Wildman–Crippen MR) is 86.6 cm³/mol. The number of nitrogens with two attached hydrogens (primary N) is 2. The molecule has 0 aliphatic heterocycles. The summed E-state index contributed by atoms with van der Waals surface area (Å²) in [4.78, 5) is 22.6. The van der Waals surface area contributed by atoms with Gasteiger partial charge in [-0.05, 0) is 49.3 Å². The van der Waals surface area contributed by atoms with Crippen molar-refractivity contribution in [3.8, 4) is 0 Å². The summed E-state index contributed by atoms with van der Waals surface area (Å²) in [5.41, 5.74) is 13.8. The van der Waals surface area contributed by atoms with E-state index in [1.165, 1.54) is 24.3 Å². The Morgan fingerprint density at radius 3 is 1.68 bits per heavy atom. The molecule has 1 aromatic rings. The lowest BCUT2D eigenvalue weighted by molar-refractivity contribution is -0.138. The van der Waals surface area contributed by atoms with Crippen LogP contribution in [-0.4, -0.2) is 25.2 Å². The van der Waals surface area contributed by atoms with Crippen LogP contribution in [0.2, 0.25) is 0 Å². The summed E-state index contributed by atoms with van der Waals surface area (Å²) >= 11 is 0. The van der Waals surface area contributed by atoms with Crippen molar-refractivity contribution in [1.29, 1.82) is 0 Å². The van der Waals surface area contributed by atoms with Crippen LogP contribution in [0.25, 0.3) is 12.2 Å². The van der Waals surface area contributed by atoms with E-state index in [9.17, 15) is 9.59 Å². The minimum atomic E-state index is -0.456. The lowest BCUT2D eigenvalue weighted by Crippen LogP contribution is -2.01. The standard InChI is InChI=1S/C16H20N2O4/c1-3-21-15(19)7-5-11-9-12(14(18)10-13(11)17)6-8-16(20)22-4-2/h5-10H,3-4,17-18H2,1-2H3. The topological polar surface area (TPSA) is 105 Å². The molecule has 6 nitrogen and oxygen atoms in total. The first-order chi connectivity index (χ1) is 10.5. The molecule has 0 saturated carbocycles. The molecule has 0 aliphatic carbocycles. The first-order valence-corrected chi connectivity index (χ1v) is 6.86. The van der Waals surface area contributed by atoms with Crippen LogP contribution in [0.3, 0.4) is 0 Å². The lowest BCUT2D eigenvalue weighted by atomic mass is 10.1. The molecule has 0 unspecified atom stereocenters. The van der Waals surface area contributed by atoms with Crippen LogP contribution in [0.5, 0.6) is 0 Å². The SMILES string of the molecule is CCOC(=O)C=Cc1cc(C=CC(=O)OCC)c(N)cc1N. The number of esters is 2. The van der Waals surface area contributed by atoms with Gasteiger partial charge in [-0.2, -0.15) is 0 Å². The fraction of sp³-hybridized carbons (Fsp3) is 0.250. The van der Waals surface area contributed by atoms with Crippen LogP contribution in [0.4, 0.5) is 11.4 Å². The maximum atomic E-state index is 11.3. The second-order valence-corrected chi connectivity index (χ2v) is 4.28. The van der Waals surface area contributed by atoms with E-state index >= 15 is 0 Å². The van der Waals surface area contributed by atoms with Gasteiger partial charge in [-0.1, -0.05) is 0 Å². The summed E-state index contributed by atoms with van der Waals surface area (Å²) < 4.78 is 9.59. The highest BCUT2D eigenvalue weighted by molar-refractivity contribution is 5.91. The number of hydrogen-bond donors (Lipinski definition) is 2. The largest absolute Gasteiger partial charge is 0.463 e. The third kappa shape index (κ3) is 5.32. The van der Waals surface area contributed by atoms with E-state index in [0.29, 0.717) is 35.7 Å². The zero-order valence-corrected chi connectivity index (χ0v) is 12.7. The smallest absolute Gasteiger partial charge is 0.330 e. The fourth-order valence-electron chi connectivity index (χ4n) is 1.65. The quantitative estimate of drug-likeness (QED) is 0.473. The summed E-state index contributed by atoms with van der Waals surface area (Å²) in [7, 11) is 0. The van der Waals surface area contributed by atoms with Crippen molar-refractivity contribution >= 4 is 35.5 Å². The molecule has 1 aromatic carbocycles. The van der Waals surface area contributed by atoms with E-state index < -0.39 is 11.9 Å². The Bertz CT molecular complexity index is 557. The van der Waals surface area contributed by atoms with Crippen LogP contribution in [0.15, 0.2) is 24.3 Å². The third-order valence-corrected chi connectivity index (χ3v) is 2.66. The number of rotatable bonds is 6. The number of carbonyl (C=O) groups is 2. The van der Waals surface area contributed by atoms with Gasteiger partial charge in [0.2, 0.25) is 0 Å². The summed E-state index contributed by atoms with van der Waals surface area (Å²) in [5, 5.41) is 0. The Morgan fingerprint density at radius 1 is 0.909 bits per heavy atom. The van der Waals surface area contributed by atoms with Gasteiger partial charge in [0.15, 0.2) is 0 Å². The van der Waals surface area contributed by atoms with E-state index in [-0.39, 0.29) is 0 Å². The molecule has 6 heteroatoms. The molecule has 0 amide bonds. The van der Waals surface area contributed by atoms with Crippen molar-refractivity contribution in [3.05, 3.63) is 35.4 Å². The van der Waals surface area contributed by atoms with Gasteiger partial charge in [0, 0.05) is 23.5 Å². The number of hydrogen-bond acceptors (Lipinski definition) is 6. The van der Waals surface area contributed by atoms with Gasteiger partial charge < -0.3 is 20.9 Å². The van der Waals surface area contributed by atoms with Gasteiger partial charge in [0.25, 0.3) is 0 Å². The van der Waals surface area contributed by atoms with Gasteiger partial charge in [-0.25, -0.2) is 9.59 Å². The van der Waals surface area contributed by atoms with Gasteiger partial charge in [-0.3, -0.25) is 0 Å². The second-order valence-electron chi connectivity index (χ2n) is 4.28. The average molecular weight is 304 g/mol. The van der Waals surface area contributed by atoms with Crippen LogP contribution >= 0.6 is 0 Å². The molecule has 118 valence electrons. The van der Waals surface area contributed by atoms with Crippen molar-refractivity contribution in [3.63, 3.8) is 0 Å². The van der Waals surface area contributed by atoms with Gasteiger partial charge in [-0.15, -0.1) is 0 Å². The number of benzene rings is 1. The Balaban J connectivity index is 2.99. The summed E-state index contributed by atoms with van der Waals surface area (Å²) in [5.74, 6) is -0.912. The molecule has 0 atom stereocenters. The Hall–Kier alpha value is -2.76. The Kier molecular flexibility index (Phi) is 6.69. The van der Waals surface area contributed by atoms with E-state index in [4.69, 9.17) is 20.9 Å². The molecule has 1 rings (SSSR count). The third-order valence-electron chi connectivity index (χ3n) is 2.66. The molecule has 0 heterocycles. The summed E-state index contributed by atoms with van der Waals surface area (Å²) in [6.07, 6.45) is 5.64. The summed E-state index contributed by atoms with van der Waals surface area (Å²) in [6, 6.07) is 3.24. The van der Waals surface area contributed by atoms with E-state index in [0.717, 1.165) is 0 Å². The predicted octanol–water partition coefficient (Wildman–Crippen LogP) is 2.00. The van der Waals surface area contributed by atoms with E-state index in [2.05, 4.69) is 0 Å². The van der Waals surface area contributed by atoms with Crippen molar-refractivity contribution < 1.29 is 19.1 Å². The average Bonchev–Trinajstić information content (AvgIpc) is 2.46. The molecule has 0 saturated heterocycles. The normalized spacial score (nSPS) is 11.0. The van der Waals surface area contributed by atoms with Crippen LogP contribution < -0.4 is 11.5 Å². The van der Waals surface area contributed by atoms with Gasteiger partial charge in [0.05, 0.1) is 13.2 Å². The van der Waals surface area contributed by atoms with E-state index in [1.54, 1.807) is 26.0 Å². The molecule has 0 aliphatic rings. The number of carbonyl (C=O) groups excluding carboxylic acids is 2. The molecule has 0 bridgehead atoms. The van der Waals surface area contributed by atoms with Crippen LogP contribution in [-0.2, 0) is 19.1 Å². The molecule has 0 spiro atoms. The van der Waals surface area contributed by atoms with Crippen molar-refractivity contribution in [2.45, 2.75) is 13.8 Å². The van der Waals surface area contributed by atoms with Crippen molar-refractivity contribution in [1.82, 2.24) is 0 Å².